The maximum atomic E-state index is 14.8. The average molecular weight is 699 g/mol. The number of piperidine rings is 1. The monoisotopic (exact) mass is 698 g/mol. The van der Waals surface area contributed by atoms with Gasteiger partial charge in [0.1, 0.15) is 17.4 Å². The molecule has 0 bridgehead atoms. The number of aromatic nitrogens is 3. The number of carbonyl (C=O) groups is 1. The van der Waals surface area contributed by atoms with Gasteiger partial charge >= 0.3 is 5.97 Å². The highest BCUT2D eigenvalue weighted by atomic mass is 19.1. The summed E-state index contributed by atoms with van der Waals surface area (Å²) in [6.45, 7) is 22.8. The molecular formula is C41H51FN4O5. The first-order valence-corrected chi connectivity index (χ1v) is 17.5. The van der Waals surface area contributed by atoms with E-state index in [1.165, 1.54) is 13.2 Å². The predicted molar refractivity (Wildman–Crippen MR) is 200 cm³/mol. The minimum absolute atomic E-state index is 0.177. The first kappa shape index (κ1) is 37.7. The molecule has 2 aromatic heterocycles. The number of halogens is 1. The lowest BCUT2D eigenvalue weighted by atomic mass is 9.92. The third-order valence-electron chi connectivity index (χ3n) is 9.18. The fourth-order valence-corrected chi connectivity index (χ4v) is 6.48. The van der Waals surface area contributed by atoms with Gasteiger partial charge in [0.05, 0.1) is 42.3 Å². The number of methoxy groups -OCH3 is 1. The van der Waals surface area contributed by atoms with E-state index in [0.29, 0.717) is 60.0 Å². The van der Waals surface area contributed by atoms with Gasteiger partial charge in [0, 0.05) is 48.5 Å². The number of nitrogens with zero attached hydrogens (tertiary/aromatic N) is 4. The highest BCUT2D eigenvalue weighted by Crippen LogP contribution is 2.40. The molecule has 0 saturated carbocycles. The molecule has 1 saturated heterocycles. The van der Waals surface area contributed by atoms with E-state index < -0.39 is 17.7 Å². The number of esters is 1. The molecule has 3 heterocycles. The normalized spacial score (nSPS) is 15.7. The van der Waals surface area contributed by atoms with Crippen LogP contribution in [0, 0.1) is 19.7 Å². The SMILES string of the molecule is C=CCOC1(C)CCN(c2c(C(OC(C)(C)C)C(=O)OC)c(C)nc3cc(-c4cccc(-c5cc(C)c(F)cc5OC(C)CC=C)c4)nn23)CC1. The van der Waals surface area contributed by atoms with Gasteiger partial charge < -0.3 is 23.8 Å². The lowest BCUT2D eigenvalue weighted by Gasteiger charge is -2.41. The largest absolute Gasteiger partial charge is 0.490 e. The lowest BCUT2D eigenvalue weighted by molar-refractivity contribution is -0.164. The number of benzene rings is 2. The number of aryl methyl sites for hydroxylation is 2. The van der Waals surface area contributed by atoms with Crippen LogP contribution in [0.25, 0.3) is 28.0 Å². The van der Waals surface area contributed by atoms with Crippen LogP contribution in [0.1, 0.15) is 76.8 Å². The molecular weight excluding hydrogens is 647 g/mol. The van der Waals surface area contributed by atoms with Gasteiger partial charge in [0.25, 0.3) is 0 Å². The molecule has 51 heavy (non-hydrogen) atoms. The Bertz CT molecular complexity index is 1900. The molecule has 10 heteroatoms. The zero-order valence-electron chi connectivity index (χ0n) is 31.2. The first-order chi connectivity index (χ1) is 24.2. The molecule has 1 aliphatic heterocycles. The molecule has 4 aromatic rings. The van der Waals surface area contributed by atoms with Crippen LogP contribution in [0.4, 0.5) is 10.2 Å². The fourth-order valence-electron chi connectivity index (χ4n) is 6.48. The zero-order valence-corrected chi connectivity index (χ0v) is 31.2. The summed E-state index contributed by atoms with van der Waals surface area (Å²) in [5, 5.41) is 5.13. The Kier molecular flexibility index (Phi) is 11.4. The molecule has 5 rings (SSSR count). The molecule has 1 aliphatic rings. The van der Waals surface area contributed by atoms with Crippen molar-refractivity contribution in [2.45, 2.75) is 91.1 Å². The Balaban J connectivity index is 1.65. The lowest BCUT2D eigenvalue weighted by Crippen LogP contribution is -2.45. The van der Waals surface area contributed by atoms with E-state index in [0.717, 1.165) is 35.3 Å². The second-order valence-electron chi connectivity index (χ2n) is 14.5. The fraction of sp³-hybridized carbons (Fsp3) is 0.439. The van der Waals surface area contributed by atoms with Gasteiger partial charge in [-0.1, -0.05) is 30.4 Å². The molecule has 2 unspecified atom stereocenters. The van der Waals surface area contributed by atoms with Crippen LogP contribution >= 0.6 is 0 Å². The van der Waals surface area contributed by atoms with Crippen molar-refractivity contribution < 1.29 is 28.1 Å². The zero-order chi connectivity index (χ0) is 37.1. The van der Waals surface area contributed by atoms with Crippen LogP contribution in [0.5, 0.6) is 5.75 Å². The molecule has 1 fully saturated rings. The molecule has 0 N–H and O–H groups in total. The van der Waals surface area contributed by atoms with Gasteiger partial charge in [-0.3, -0.25) is 0 Å². The number of rotatable bonds is 13. The van der Waals surface area contributed by atoms with Crippen LogP contribution in [0.3, 0.4) is 0 Å². The summed E-state index contributed by atoms with van der Waals surface area (Å²) in [4.78, 5) is 20.6. The van der Waals surface area contributed by atoms with Crippen LogP contribution < -0.4 is 9.64 Å². The Hall–Kier alpha value is -4.54. The Morgan fingerprint density at radius 1 is 1.08 bits per heavy atom. The second kappa shape index (κ2) is 15.4. The molecule has 2 aromatic carbocycles. The number of hydrogen-bond donors (Lipinski definition) is 0. The van der Waals surface area contributed by atoms with Crippen molar-refractivity contribution in [1.29, 1.82) is 0 Å². The topological polar surface area (TPSA) is 87.4 Å². The van der Waals surface area contributed by atoms with Crippen LogP contribution in [-0.4, -0.2) is 64.7 Å². The number of fused-ring (bicyclic) bond motifs is 1. The number of anilines is 1. The predicted octanol–water partition coefficient (Wildman–Crippen LogP) is 8.75. The number of ether oxygens (including phenoxy) is 4. The third kappa shape index (κ3) is 8.51. The van der Waals surface area contributed by atoms with Gasteiger partial charge in [-0.2, -0.15) is 9.61 Å². The van der Waals surface area contributed by atoms with Crippen LogP contribution in [-0.2, 0) is 19.0 Å². The van der Waals surface area contributed by atoms with E-state index in [2.05, 4.69) is 25.0 Å². The highest BCUT2D eigenvalue weighted by molar-refractivity contribution is 5.81. The van der Waals surface area contributed by atoms with E-state index in [1.54, 1.807) is 19.1 Å². The van der Waals surface area contributed by atoms with Crippen molar-refractivity contribution in [1.82, 2.24) is 14.6 Å². The minimum Gasteiger partial charge on any atom is -0.490 e. The second-order valence-corrected chi connectivity index (χ2v) is 14.5. The summed E-state index contributed by atoms with van der Waals surface area (Å²) >= 11 is 0. The van der Waals surface area contributed by atoms with Gasteiger partial charge in [-0.15, -0.1) is 13.2 Å². The van der Waals surface area contributed by atoms with Gasteiger partial charge in [-0.05, 0) is 84.6 Å². The summed E-state index contributed by atoms with van der Waals surface area (Å²) in [5.41, 5.74) is 4.61. The molecule has 0 amide bonds. The van der Waals surface area contributed by atoms with E-state index in [1.807, 2.05) is 75.5 Å². The quantitative estimate of drug-likeness (QED) is 0.101. The van der Waals surface area contributed by atoms with Gasteiger partial charge in [0.15, 0.2) is 11.8 Å². The van der Waals surface area contributed by atoms with E-state index in [9.17, 15) is 9.18 Å². The van der Waals surface area contributed by atoms with Gasteiger partial charge in [-0.25, -0.2) is 14.2 Å². The summed E-state index contributed by atoms with van der Waals surface area (Å²) in [6.07, 6.45) is 4.49. The smallest absolute Gasteiger partial charge is 0.339 e. The Labute approximate surface area is 301 Å². The van der Waals surface area contributed by atoms with Crippen molar-refractivity contribution in [2.75, 3.05) is 31.7 Å². The summed E-state index contributed by atoms with van der Waals surface area (Å²) in [5.74, 6) is 0.352. The molecule has 2 atom stereocenters. The van der Waals surface area contributed by atoms with Crippen LogP contribution in [0.15, 0.2) is 67.8 Å². The van der Waals surface area contributed by atoms with Crippen molar-refractivity contribution in [3.63, 3.8) is 0 Å². The van der Waals surface area contributed by atoms with Crippen molar-refractivity contribution in [2.24, 2.45) is 0 Å². The Morgan fingerprint density at radius 2 is 1.78 bits per heavy atom. The van der Waals surface area contributed by atoms with E-state index in [4.69, 9.17) is 29.0 Å². The average Bonchev–Trinajstić information content (AvgIpc) is 3.51. The van der Waals surface area contributed by atoms with Crippen molar-refractivity contribution in [3.05, 3.63) is 90.4 Å². The maximum absolute atomic E-state index is 14.8. The summed E-state index contributed by atoms with van der Waals surface area (Å²) in [7, 11) is 1.36. The van der Waals surface area contributed by atoms with E-state index >= 15 is 0 Å². The maximum Gasteiger partial charge on any atom is 0.339 e. The number of hydrogen-bond acceptors (Lipinski definition) is 8. The standard InChI is InChI=1S/C41H51FN4O5/c1-11-14-27(4)50-34-24-32(42)26(3)22-31(34)29-15-13-16-30(23-29)33-25-35-43-28(5)36(37(39(47)48-10)51-40(6,7)8)38(46(35)44-33)45-19-17-41(9,18-20-45)49-21-12-2/h11-13,15-16,22-25,27,37H,1-2,14,17-21H2,3-10H3. The summed E-state index contributed by atoms with van der Waals surface area (Å²) < 4.78 is 40.6. The first-order valence-electron chi connectivity index (χ1n) is 17.5. The molecule has 0 radical (unpaired) electrons. The third-order valence-corrected chi connectivity index (χ3v) is 9.18. The minimum atomic E-state index is -1.04. The molecule has 9 nitrogen and oxygen atoms in total. The van der Waals surface area contributed by atoms with Crippen LogP contribution in [0.2, 0.25) is 0 Å². The van der Waals surface area contributed by atoms with Crippen molar-refractivity contribution in [3.8, 4) is 28.1 Å². The van der Waals surface area contributed by atoms with Crippen molar-refractivity contribution >= 4 is 17.4 Å². The number of carbonyl (C=O) groups excluding carboxylic acids is 1. The molecule has 0 aliphatic carbocycles. The summed E-state index contributed by atoms with van der Waals surface area (Å²) in [6, 6.07) is 13.1. The van der Waals surface area contributed by atoms with E-state index in [-0.39, 0.29) is 17.5 Å². The van der Waals surface area contributed by atoms with Gasteiger partial charge in [0.2, 0.25) is 0 Å². The highest BCUT2D eigenvalue weighted by Gasteiger charge is 2.38. The molecule has 0 spiro atoms. The Morgan fingerprint density at radius 3 is 2.43 bits per heavy atom. The molecule has 272 valence electrons.